The number of hydrogen-bond acceptors (Lipinski definition) is 6. The molecule has 8 heteroatoms. The Hall–Kier alpha value is -1.96. The van der Waals surface area contributed by atoms with Gasteiger partial charge in [0.25, 0.3) is 0 Å². The molecule has 3 saturated carbocycles. The highest BCUT2D eigenvalue weighted by molar-refractivity contribution is 7.17. The van der Waals surface area contributed by atoms with Crippen LogP contribution in [0.1, 0.15) is 106 Å². The molecule has 1 aromatic rings. The lowest BCUT2D eigenvalue weighted by Gasteiger charge is -2.41. The van der Waals surface area contributed by atoms with Gasteiger partial charge in [0.1, 0.15) is 0 Å². The average Bonchev–Trinajstić information content (AvgIpc) is 3.33. The number of aromatic nitrogens is 1. The fourth-order valence-electron chi connectivity index (χ4n) is 6.05. The van der Waals surface area contributed by atoms with Gasteiger partial charge in [-0.2, -0.15) is 0 Å². The summed E-state index contributed by atoms with van der Waals surface area (Å²) in [5.41, 5.74) is 0. The first kappa shape index (κ1) is 25.1. The number of urea groups is 1. The summed E-state index contributed by atoms with van der Waals surface area (Å²) in [6.45, 7) is 2.17. The summed E-state index contributed by atoms with van der Waals surface area (Å²) in [7, 11) is 0. The van der Waals surface area contributed by atoms with Crippen molar-refractivity contribution < 1.29 is 19.1 Å². The van der Waals surface area contributed by atoms with Crippen LogP contribution in [0.5, 0.6) is 0 Å². The predicted molar refractivity (Wildman–Crippen MR) is 133 cm³/mol. The van der Waals surface area contributed by atoms with Crippen LogP contribution in [0.3, 0.4) is 0 Å². The third kappa shape index (κ3) is 6.18. The molecule has 2 amide bonds. The Morgan fingerprint density at radius 2 is 1.56 bits per heavy atom. The molecule has 34 heavy (non-hydrogen) atoms. The fraction of sp³-hybridized carbons (Fsp3) is 0.769. The Morgan fingerprint density at radius 3 is 2.18 bits per heavy atom. The number of ether oxygens (including phenoxy) is 1. The van der Waals surface area contributed by atoms with Gasteiger partial charge >= 0.3 is 12.0 Å². The molecule has 0 radical (unpaired) electrons. The lowest BCUT2D eigenvalue weighted by atomic mass is 9.79. The molecule has 3 aliphatic rings. The smallest absolute Gasteiger partial charge is 0.324 e. The molecule has 1 N–H and O–H groups in total. The molecule has 1 aromatic heterocycles. The molecular weight excluding hydrogens is 450 g/mol. The Labute approximate surface area is 207 Å². The molecule has 188 valence electrons. The van der Waals surface area contributed by atoms with E-state index in [0.29, 0.717) is 35.1 Å². The highest BCUT2D eigenvalue weighted by Gasteiger charge is 2.35. The molecule has 3 fully saturated rings. The molecule has 0 aromatic carbocycles. The topological polar surface area (TPSA) is 88.6 Å². The van der Waals surface area contributed by atoms with E-state index in [4.69, 9.17) is 4.74 Å². The first-order valence-corrected chi connectivity index (χ1v) is 14.1. The van der Waals surface area contributed by atoms with E-state index >= 15 is 0 Å². The molecular formula is C26H39N3O4S. The van der Waals surface area contributed by atoms with E-state index in [1.165, 1.54) is 49.9 Å². The summed E-state index contributed by atoms with van der Waals surface area (Å²) in [4.78, 5) is 45.8. The number of rotatable bonds is 7. The van der Waals surface area contributed by atoms with Crippen molar-refractivity contribution in [3.63, 3.8) is 0 Å². The van der Waals surface area contributed by atoms with E-state index in [0.717, 1.165) is 44.9 Å². The second-order valence-electron chi connectivity index (χ2n) is 10.1. The Balaban J connectivity index is 1.40. The van der Waals surface area contributed by atoms with Crippen LogP contribution in [0, 0.1) is 11.8 Å². The number of ketones is 1. The van der Waals surface area contributed by atoms with Gasteiger partial charge in [0.2, 0.25) is 0 Å². The highest BCUT2D eigenvalue weighted by atomic mass is 32.1. The number of nitrogens with one attached hydrogen (secondary N) is 1. The van der Waals surface area contributed by atoms with Crippen LogP contribution in [0.25, 0.3) is 0 Å². The second-order valence-corrected chi connectivity index (χ2v) is 11.2. The SMILES string of the molecule is CCOC(=O)[C@H]1CCCC(C(=O)c2cnc(NC(=O)N(C3CCCCC3)C3CCCCC3)s2)C1. The van der Waals surface area contributed by atoms with Crippen molar-refractivity contribution >= 4 is 34.3 Å². The van der Waals surface area contributed by atoms with Gasteiger partial charge in [-0.05, 0) is 51.9 Å². The van der Waals surface area contributed by atoms with E-state index in [9.17, 15) is 14.4 Å². The lowest BCUT2D eigenvalue weighted by molar-refractivity contribution is -0.149. The lowest BCUT2D eigenvalue weighted by Crippen LogP contribution is -2.50. The average molecular weight is 490 g/mol. The van der Waals surface area contributed by atoms with Gasteiger partial charge in [-0.3, -0.25) is 14.9 Å². The number of carbonyl (C=O) groups excluding carboxylic acids is 3. The minimum atomic E-state index is -0.200. The van der Waals surface area contributed by atoms with Gasteiger partial charge in [0.15, 0.2) is 10.9 Å². The number of hydrogen-bond donors (Lipinski definition) is 1. The van der Waals surface area contributed by atoms with Crippen molar-refractivity contribution in [3.8, 4) is 0 Å². The number of anilines is 1. The summed E-state index contributed by atoms with van der Waals surface area (Å²) in [5, 5.41) is 3.52. The van der Waals surface area contributed by atoms with E-state index < -0.39 is 0 Å². The predicted octanol–water partition coefficient (Wildman–Crippen LogP) is 6.19. The standard InChI is InChI=1S/C26H39N3O4S/c1-2-33-24(31)19-11-9-10-18(16-19)23(30)22-17-27-25(34-22)28-26(32)29(20-12-5-3-6-13-20)21-14-7-4-8-15-21/h17-21H,2-16H2,1H3,(H,27,28,32)/t18?,19-/m0/s1. The molecule has 0 bridgehead atoms. The molecule has 0 aliphatic heterocycles. The van der Waals surface area contributed by atoms with Gasteiger partial charge < -0.3 is 9.64 Å². The van der Waals surface area contributed by atoms with E-state index in [-0.39, 0.29) is 29.6 Å². The monoisotopic (exact) mass is 489 g/mol. The molecule has 1 heterocycles. The summed E-state index contributed by atoms with van der Waals surface area (Å²) >= 11 is 1.26. The van der Waals surface area contributed by atoms with Crippen LogP contribution in [0.2, 0.25) is 0 Å². The molecule has 1 unspecified atom stereocenters. The van der Waals surface area contributed by atoms with Crippen molar-refractivity contribution in [2.24, 2.45) is 11.8 Å². The maximum Gasteiger partial charge on any atom is 0.324 e. The minimum Gasteiger partial charge on any atom is -0.466 e. The third-order valence-electron chi connectivity index (χ3n) is 7.80. The van der Waals surface area contributed by atoms with Crippen molar-refractivity contribution in [1.29, 1.82) is 0 Å². The molecule has 0 spiro atoms. The number of thiazole rings is 1. The van der Waals surface area contributed by atoms with Crippen LogP contribution >= 0.6 is 11.3 Å². The van der Waals surface area contributed by atoms with Gasteiger partial charge in [0.05, 0.1) is 23.6 Å². The zero-order valence-electron chi connectivity index (χ0n) is 20.4. The highest BCUT2D eigenvalue weighted by Crippen LogP contribution is 2.35. The molecule has 2 atom stereocenters. The number of amides is 2. The Morgan fingerprint density at radius 1 is 0.941 bits per heavy atom. The number of Topliss-reactive ketones (excluding diaryl/α,β-unsaturated/α-hetero) is 1. The van der Waals surface area contributed by atoms with E-state index in [1.54, 1.807) is 13.1 Å². The van der Waals surface area contributed by atoms with Crippen molar-refractivity contribution in [2.75, 3.05) is 11.9 Å². The van der Waals surface area contributed by atoms with Crippen LogP contribution < -0.4 is 5.32 Å². The number of nitrogens with zero attached hydrogens (tertiary/aromatic N) is 2. The second kappa shape index (κ2) is 12.1. The fourth-order valence-corrected chi connectivity index (χ4v) is 6.88. The minimum absolute atomic E-state index is 0.0309. The zero-order chi connectivity index (χ0) is 23.9. The largest absolute Gasteiger partial charge is 0.466 e. The molecule has 7 nitrogen and oxygen atoms in total. The van der Waals surface area contributed by atoms with Gasteiger partial charge in [-0.25, -0.2) is 9.78 Å². The van der Waals surface area contributed by atoms with Gasteiger partial charge in [-0.1, -0.05) is 56.3 Å². The Kier molecular flexibility index (Phi) is 8.98. The summed E-state index contributed by atoms with van der Waals surface area (Å²) in [6, 6.07) is 0.548. The first-order valence-electron chi connectivity index (χ1n) is 13.3. The van der Waals surface area contributed by atoms with Gasteiger partial charge in [0, 0.05) is 18.0 Å². The van der Waals surface area contributed by atoms with Crippen LogP contribution in [-0.2, 0) is 9.53 Å². The van der Waals surface area contributed by atoms with Crippen molar-refractivity contribution in [1.82, 2.24) is 9.88 Å². The first-order chi connectivity index (χ1) is 16.6. The summed E-state index contributed by atoms with van der Waals surface area (Å²) in [5.74, 6) is -0.548. The van der Waals surface area contributed by atoms with E-state index in [1.807, 2.05) is 0 Å². The maximum atomic E-state index is 13.4. The van der Waals surface area contributed by atoms with Crippen LogP contribution in [-0.4, -0.2) is 46.4 Å². The zero-order valence-corrected chi connectivity index (χ0v) is 21.2. The number of carbonyl (C=O) groups is 3. The van der Waals surface area contributed by atoms with Gasteiger partial charge in [-0.15, -0.1) is 0 Å². The summed E-state index contributed by atoms with van der Waals surface area (Å²) < 4.78 is 5.17. The number of esters is 1. The summed E-state index contributed by atoms with van der Waals surface area (Å²) in [6.07, 6.45) is 16.1. The molecule has 0 saturated heterocycles. The molecule has 4 rings (SSSR count). The van der Waals surface area contributed by atoms with Crippen LogP contribution in [0.15, 0.2) is 6.20 Å². The Bertz CT molecular complexity index is 827. The van der Waals surface area contributed by atoms with Crippen LogP contribution in [0.4, 0.5) is 9.93 Å². The maximum absolute atomic E-state index is 13.4. The third-order valence-corrected chi connectivity index (χ3v) is 8.73. The van der Waals surface area contributed by atoms with Crippen molar-refractivity contribution in [2.45, 2.75) is 109 Å². The quantitative estimate of drug-likeness (QED) is 0.364. The normalized spacial score (nSPS) is 24.4. The molecule has 3 aliphatic carbocycles. The van der Waals surface area contributed by atoms with E-state index in [2.05, 4.69) is 15.2 Å². The van der Waals surface area contributed by atoms with Crippen molar-refractivity contribution in [3.05, 3.63) is 11.1 Å².